The highest BCUT2D eigenvalue weighted by Gasteiger charge is 2.22. The minimum absolute atomic E-state index is 0.882. The predicted octanol–water partition coefficient (Wildman–Crippen LogP) is 17.7. The molecule has 0 atom stereocenters. The van der Waals surface area contributed by atoms with Gasteiger partial charge in [0.2, 0.25) is 0 Å². The fourth-order valence-corrected chi connectivity index (χ4v) is 10.6. The second kappa shape index (κ2) is 14.2. The first-order chi connectivity index (χ1) is 31.3. The summed E-state index contributed by atoms with van der Waals surface area (Å²) in [4.78, 5) is 0. The fraction of sp³-hybridized carbons (Fsp3) is 0. The van der Waals surface area contributed by atoms with Crippen molar-refractivity contribution in [3.05, 3.63) is 231 Å². The van der Waals surface area contributed by atoms with Gasteiger partial charge < -0.3 is 4.42 Å². The number of benzene rings is 12. The van der Waals surface area contributed by atoms with Crippen molar-refractivity contribution in [2.45, 2.75) is 0 Å². The lowest BCUT2D eigenvalue weighted by atomic mass is 9.84. The molecule has 0 saturated heterocycles. The number of hydrogen-bond donors (Lipinski definition) is 0. The summed E-state index contributed by atoms with van der Waals surface area (Å²) in [7, 11) is 0. The largest absolute Gasteiger partial charge is 0.456 e. The summed E-state index contributed by atoms with van der Waals surface area (Å²) in [6.07, 6.45) is 0. The van der Waals surface area contributed by atoms with Crippen LogP contribution in [0.2, 0.25) is 0 Å². The summed E-state index contributed by atoms with van der Waals surface area (Å²) in [5.74, 6) is 0. The minimum Gasteiger partial charge on any atom is -0.456 e. The molecule has 0 aliphatic rings. The zero-order valence-electron chi connectivity index (χ0n) is 34.3. The quantitative estimate of drug-likeness (QED) is 0.158. The first-order valence-corrected chi connectivity index (χ1v) is 21.8. The van der Waals surface area contributed by atoms with Crippen molar-refractivity contribution in [1.82, 2.24) is 0 Å². The van der Waals surface area contributed by atoms with E-state index in [0.29, 0.717) is 0 Å². The van der Waals surface area contributed by atoms with Gasteiger partial charge in [-0.05, 0) is 128 Å². The molecule has 0 radical (unpaired) electrons. The average Bonchev–Trinajstić information content (AvgIpc) is 3.73. The highest BCUT2D eigenvalue weighted by Crippen LogP contribution is 2.49. The second-order valence-electron chi connectivity index (χ2n) is 16.6. The Morgan fingerprint density at radius 3 is 1.22 bits per heavy atom. The molecule has 0 N–H and O–H groups in total. The van der Waals surface area contributed by atoms with Gasteiger partial charge in [-0.3, -0.25) is 0 Å². The van der Waals surface area contributed by atoms with Gasteiger partial charge in [-0.25, -0.2) is 0 Å². The second-order valence-corrected chi connectivity index (χ2v) is 16.6. The van der Waals surface area contributed by atoms with Crippen LogP contribution in [-0.4, -0.2) is 0 Å². The number of furan rings is 1. The van der Waals surface area contributed by atoms with Crippen molar-refractivity contribution < 1.29 is 4.42 Å². The van der Waals surface area contributed by atoms with Crippen LogP contribution in [0.25, 0.3) is 131 Å². The van der Waals surface area contributed by atoms with E-state index in [4.69, 9.17) is 4.42 Å². The number of fused-ring (bicyclic) bond motifs is 8. The van der Waals surface area contributed by atoms with Crippen molar-refractivity contribution in [3.63, 3.8) is 0 Å². The monoisotopic (exact) mass is 798 g/mol. The van der Waals surface area contributed by atoms with Crippen LogP contribution in [0.5, 0.6) is 0 Å². The van der Waals surface area contributed by atoms with E-state index in [1.807, 2.05) is 0 Å². The van der Waals surface area contributed by atoms with Crippen LogP contribution in [0.1, 0.15) is 0 Å². The van der Waals surface area contributed by atoms with Crippen LogP contribution in [0.4, 0.5) is 0 Å². The van der Waals surface area contributed by atoms with Gasteiger partial charge in [0.05, 0.1) is 0 Å². The van der Waals surface area contributed by atoms with Crippen molar-refractivity contribution >= 4 is 75.8 Å². The third-order valence-corrected chi connectivity index (χ3v) is 13.3. The van der Waals surface area contributed by atoms with Gasteiger partial charge in [0, 0.05) is 10.8 Å². The molecule has 0 spiro atoms. The molecular formula is C62H38O. The number of hydrogen-bond acceptors (Lipinski definition) is 1. The van der Waals surface area contributed by atoms with Gasteiger partial charge in [-0.2, -0.15) is 0 Å². The first kappa shape index (κ1) is 35.5. The lowest BCUT2D eigenvalue weighted by Crippen LogP contribution is -1.92. The Morgan fingerprint density at radius 2 is 0.635 bits per heavy atom. The molecule has 0 bridgehead atoms. The van der Waals surface area contributed by atoms with Gasteiger partial charge in [-0.15, -0.1) is 0 Å². The molecule has 13 rings (SSSR count). The van der Waals surface area contributed by atoms with Crippen LogP contribution in [-0.2, 0) is 0 Å². The van der Waals surface area contributed by atoms with Crippen molar-refractivity contribution in [2.24, 2.45) is 0 Å². The molecule has 1 nitrogen and oxygen atoms in total. The summed E-state index contributed by atoms with van der Waals surface area (Å²) >= 11 is 0. The predicted molar refractivity (Wildman–Crippen MR) is 268 cm³/mol. The number of rotatable bonds is 5. The van der Waals surface area contributed by atoms with Crippen molar-refractivity contribution in [1.29, 1.82) is 0 Å². The third kappa shape index (κ3) is 5.50. The molecule has 0 aliphatic heterocycles. The zero-order chi connectivity index (χ0) is 41.4. The summed E-state index contributed by atoms with van der Waals surface area (Å²) < 4.78 is 6.75. The van der Waals surface area contributed by atoms with Crippen LogP contribution in [0.15, 0.2) is 235 Å². The molecule has 0 amide bonds. The molecule has 0 saturated carbocycles. The summed E-state index contributed by atoms with van der Waals surface area (Å²) in [5, 5.41) is 14.6. The molecule has 292 valence electrons. The van der Waals surface area contributed by atoms with E-state index < -0.39 is 0 Å². The maximum Gasteiger partial charge on any atom is 0.136 e. The first-order valence-electron chi connectivity index (χ1n) is 21.8. The zero-order valence-corrected chi connectivity index (χ0v) is 34.3. The normalized spacial score (nSPS) is 11.8. The molecule has 1 heteroatoms. The lowest BCUT2D eigenvalue weighted by molar-refractivity contribution is 0.669. The molecule has 0 aliphatic carbocycles. The van der Waals surface area contributed by atoms with E-state index in [2.05, 4.69) is 231 Å². The van der Waals surface area contributed by atoms with Gasteiger partial charge in [-0.1, -0.05) is 212 Å². The Balaban J connectivity index is 1.03. The minimum atomic E-state index is 0.882. The molecule has 1 heterocycles. The van der Waals surface area contributed by atoms with Gasteiger partial charge in [0.1, 0.15) is 11.2 Å². The molecule has 13 aromatic rings. The third-order valence-electron chi connectivity index (χ3n) is 13.3. The Labute approximate surface area is 364 Å². The molecule has 63 heavy (non-hydrogen) atoms. The van der Waals surface area contributed by atoms with E-state index >= 15 is 0 Å². The summed E-state index contributed by atoms with van der Waals surface area (Å²) in [6, 6.07) is 84.2. The van der Waals surface area contributed by atoms with Crippen LogP contribution in [0.3, 0.4) is 0 Å². The van der Waals surface area contributed by atoms with E-state index in [1.165, 1.54) is 109 Å². The molecule has 0 unspecified atom stereocenters. The molecule has 1 aromatic heterocycles. The van der Waals surface area contributed by atoms with Gasteiger partial charge in [0.25, 0.3) is 0 Å². The SMILES string of the molecule is c1ccc(-c2c3ccccc3c(-c3ccc4oc5cccc(-c6c7ccccc7c(-c7ccc(-c8cccc9ccccc89)cc7)c7ccccc67)c5c4c3)c3ccccc23)cc1. The average molecular weight is 799 g/mol. The molecule has 0 fully saturated rings. The lowest BCUT2D eigenvalue weighted by Gasteiger charge is -2.19. The maximum absolute atomic E-state index is 6.75. The van der Waals surface area contributed by atoms with E-state index in [0.717, 1.165) is 21.9 Å². The van der Waals surface area contributed by atoms with Gasteiger partial charge in [0.15, 0.2) is 0 Å². The van der Waals surface area contributed by atoms with Crippen molar-refractivity contribution in [3.8, 4) is 55.6 Å². The highest BCUT2D eigenvalue weighted by atomic mass is 16.3. The highest BCUT2D eigenvalue weighted by molar-refractivity contribution is 6.27. The smallest absolute Gasteiger partial charge is 0.136 e. The van der Waals surface area contributed by atoms with Crippen LogP contribution >= 0.6 is 0 Å². The Hall–Kier alpha value is -8.26. The van der Waals surface area contributed by atoms with E-state index in [1.54, 1.807) is 0 Å². The molecular weight excluding hydrogens is 761 g/mol. The summed E-state index contributed by atoms with van der Waals surface area (Å²) in [5.41, 5.74) is 14.0. The fourth-order valence-electron chi connectivity index (χ4n) is 10.6. The Bertz CT molecular complexity index is 3830. The maximum atomic E-state index is 6.75. The van der Waals surface area contributed by atoms with Gasteiger partial charge >= 0.3 is 0 Å². The standard InChI is InChI=1S/C62H38O/c1-2-17-41(18-3-1)58-46-21-6-8-23-48(46)60(49-24-9-7-22-47(49)58)43-36-37-56-55(38-43)62-54(30-15-31-57(62)63-56)61-52-27-12-10-25-50(52)59(51-26-11-13-28-53(51)61)42-34-32-40(33-35-42)45-29-14-19-39-16-4-5-20-44(39)45/h1-38H. The Kier molecular flexibility index (Phi) is 7.98. The summed E-state index contributed by atoms with van der Waals surface area (Å²) in [6.45, 7) is 0. The van der Waals surface area contributed by atoms with Crippen molar-refractivity contribution in [2.75, 3.05) is 0 Å². The van der Waals surface area contributed by atoms with Crippen LogP contribution < -0.4 is 0 Å². The topological polar surface area (TPSA) is 13.1 Å². The van der Waals surface area contributed by atoms with E-state index in [-0.39, 0.29) is 0 Å². The molecule has 12 aromatic carbocycles. The van der Waals surface area contributed by atoms with Crippen LogP contribution in [0, 0.1) is 0 Å². The Morgan fingerprint density at radius 1 is 0.222 bits per heavy atom. The van der Waals surface area contributed by atoms with E-state index in [9.17, 15) is 0 Å².